The normalized spacial score (nSPS) is 11.3. The van der Waals surface area contributed by atoms with Gasteiger partial charge in [0.05, 0.1) is 18.7 Å². The molecule has 0 saturated carbocycles. The number of pyridine rings is 1. The van der Waals surface area contributed by atoms with Gasteiger partial charge in [-0.1, -0.05) is 79.7 Å². The lowest BCUT2D eigenvalue weighted by Gasteiger charge is -2.12. The summed E-state index contributed by atoms with van der Waals surface area (Å²) in [6.07, 6.45) is 4.73. The van der Waals surface area contributed by atoms with Crippen LogP contribution in [0, 0.1) is 5.92 Å². The number of benzene rings is 4. The Labute approximate surface area is 264 Å². The first kappa shape index (κ1) is 31.0. The maximum absolute atomic E-state index is 12.6. The fourth-order valence-electron chi connectivity index (χ4n) is 4.99. The highest BCUT2D eigenvalue weighted by Crippen LogP contribution is 2.24. The van der Waals surface area contributed by atoms with Gasteiger partial charge in [0, 0.05) is 29.7 Å². The highest BCUT2D eigenvalue weighted by atomic mass is 16.5. The molecule has 1 aromatic heterocycles. The second kappa shape index (κ2) is 15.9. The van der Waals surface area contributed by atoms with E-state index in [9.17, 15) is 9.59 Å². The van der Waals surface area contributed by atoms with Gasteiger partial charge in [-0.15, -0.1) is 0 Å². The lowest BCUT2D eigenvalue weighted by molar-refractivity contribution is -0.703. The predicted octanol–water partition coefficient (Wildman–Crippen LogP) is 7.08. The van der Waals surface area contributed by atoms with Crippen molar-refractivity contribution in [3.63, 3.8) is 0 Å². The minimum Gasteiger partial charge on any atom is -0.493 e. The Balaban J connectivity index is 1.03. The summed E-state index contributed by atoms with van der Waals surface area (Å²) in [5.74, 6) is 0.543. The first-order valence-electron chi connectivity index (χ1n) is 15.1. The molecule has 4 aromatic carbocycles. The monoisotopic (exact) mass is 600 g/mol. The van der Waals surface area contributed by atoms with Crippen LogP contribution in [-0.4, -0.2) is 25.2 Å². The van der Waals surface area contributed by atoms with Crippen LogP contribution < -0.4 is 19.9 Å². The second-order valence-corrected chi connectivity index (χ2v) is 10.9. The molecule has 0 saturated heterocycles. The Bertz CT molecular complexity index is 1680. The van der Waals surface area contributed by atoms with Gasteiger partial charge in [0.25, 0.3) is 0 Å². The van der Waals surface area contributed by atoms with Crippen LogP contribution in [0.1, 0.15) is 28.4 Å². The first-order chi connectivity index (χ1) is 22.0. The van der Waals surface area contributed by atoms with Gasteiger partial charge in [0.1, 0.15) is 12.4 Å². The summed E-state index contributed by atoms with van der Waals surface area (Å²) in [6, 6.07) is 38.7. The third-order valence-electron chi connectivity index (χ3n) is 7.26. The van der Waals surface area contributed by atoms with Gasteiger partial charge >= 0.3 is 12.0 Å². The number of aromatic nitrogens is 1. The van der Waals surface area contributed by atoms with Crippen molar-refractivity contribution in [3.05, 3.63) is 150 Å². The van der Waals surface area contributed by atoms with Gasteiger partial charge in [0.2, 0.25) is 0 Å². The van der Waals surface area contributed by atoms with Crippen molar-refractivity contribution in [2.24, 2.45) is 5.92 Å². The molecule has 7 nitrogen and oxygen atoms in total. The van der Waals surface area contributed by atoms with E-state index in [2.05, 4.69) is 47.0 Å². The van der Waals surface area contributed by atoms with Crippen LogP contribution in [0.4, 0.5) is 10.5 Å². The first-order valence-corrected chi connectivity index (χ1v) is 15.1. The average molecular weight is 601 g/mol. The molecule has 0 aliphatic heterocycles. The predicted molar refractivity (Wildman–Crippen MR) is 176 cm³/mol. The molecule has 0 aliphatic carbocycles. The number of nitrogens with one attached hydrogen (secondary N) is 2. The highest BCUT2D eigenvalue weighted by molar-refractivity contribution is 5.89. The zero-order chi connectivity index (χ0) is 31.3. The van der Waals surface area contributed by atoms with Crippen molar-refractivity contribution in [3.8, 4) is 16.9 Å². The molecule has 5 aromatic rings. The van der Waals surface area contributed by atoms with Crippen molar-refractivity contribution < 1.29 is 23.6 Å². The minimum absolute atomic E-state index is 0.117. The molecule has 7 heteroatoms. The standard InChI is InChI=1S/C38H37N3O4/c1-29(28-45-37(42)33-15-6-3-7-16-33)26-41-23-10-11-30(27-41)25-39-38(43)40-34-18-20-35(21-19-34)44-24-22-32-14-8-9-17-36(32)31-12-4-2-5-13-31/h2-21,23,27,29H,22,24-26,28H2,1H3,(H-,39,40,43)/p+1. The molecular formula is C38H38N3O4+. The van der Waals surface area contributed by atoms with E-state index in [-0.39, 0.29) is 17.9 Å². The molecule has 45 heavy (non-hydrogen) atoms. The smallest absolute Gasteiger partial charge is 0.338 e. The number of amides is 2. The molecule has 0 radical (unpaired) electrons. The van der Waals surface area contributed by atoms with Crippen molar-refractivity contribution in [2.75, 3.05) is 18.5 Å². The van der Waals surface area contributed by atoms with E-state index in [1.54, 1.807) is 12.1 Å². The second-order valence-electron chi connectivity index (χ2n) is 10.9. The number of urea groups is 1. The Morgan fingerprint density at radius 3 is 2.29 bits per heavy atom. The fourth-order valence-corrected chi connectivity index (χ4v) is 4.99. The van der Waals surface area contributed by atoms with Crippen molar-refractivity contribution >= 4 is 17.7 Å². The number of nitrogens with zero attached hydrogens (tertiary/aromatic N) is 1. The van der Waals surface area contributed by atoms with E-state index >= 15 is 0 Å². The van der Waals surface area contributed by atoms with Crippen molar-refractivity contribution in [2.45, 2.75) is 26.4 Å². The molecule has 1 unspecified atom stereocenters. The SMILES string of the molecule is CC(COC(=O)c1ccccc1)C[n+]1cccc(CNC(=O)Nc2ccc(OCCc3ccccc3-c3ccccc3)cc2)c1. The van der Waals surface area contributed by atoms with E-state index in [4.69, 9.17) is 9.47 Å². The average Bonchev–Trinajstić information content (AvgIpc) is 3.08. The van der Waals surface area contributed by atoms with Crippen molar-refractivity contribution in [1.82, 2.24) is 5.32 Å². The zero-order valence-corrected chi connectivity index (χ0v) is 25.4. The third-order valence-corrected chi connectivity index (χ3v) is 7.26. The summed E-state index contributed by atoms with van der Waals surface area (Å²) in [6.45, 7) is 3.94. The van der Waals surface area contributed by atoms with E-state index in [1.165, 1.54) is 16.7 Å². The largest absolute Gasteiger partial charge is 0.493 e. The number of hydrogen-bond acceptors (Lipinski definition) is 4. The lowest BCUT2D eigenvalue weighted by atomic mass is 9.98. The maximum atomic E-state index is 12.6. The van der Waals surface area contributed by atoms with Gasteiger partial charge in [-0.05, 0) is 59.2 Å². The number of hydrogen-bond donors (Lipinski definition) is 2. The van der Waals surface area contributed by atoms with Crippen LogP contribution in [0.15, 0.2) is 134 Å². The lowest BCUT2D eigenvalue weighted by Crippen LogP contribution is -2.38. The number of carbonyl (C=O) groups excluding carboxylic acids is 2. The molecule has 5 rings (SSSR count). The van der Waals surface area contributed by atoms with Crippen LogP contribution in [0.3, 0.4) is 0 Å². The Hall–Kier alpha value is -5.43. The van der Waals surface area contributed by atoms with Gasteiger partial charge in [-0.3, -0.25) is 0 Å². The van der Waals surface area contributed by atoms with E-state index in [1.807, 2.05) is 96.7 Å². The molecule has 228 valence electrons. The summed E-state index contributed by atoms with van der Waals surface area (Å²) >= 11 is 0. The topological polar surface area (TPSA) is 80.5 Å². The molecule has 1 heterocycles. The van der Waals surface area contributed by atoms with Crippen LogP contribution in [-0.2, 0) is 24.2 Å². The molecule has 2 amide bonds. The molecule has 1 atom stereocenters. The maximum Gasteiger partial charge on any atom is 0.338 e. The number of rotatable bonds is 13. The van der Waals surface area contributed by atoms with Gasteiger partial charge in [0.15, 0.2) is 18.9 Å². The van der Waals surface area contributed by atoms with Crippen LogP contribution in [0.5, 0.6) is 5.75 Å². The fraction of sp³-hybridized carbons (Fsp3) is 0.184. The summed E-state index contributed by atoms with van der Waals surface area (Å²) in [5, 5.41) is 5.78. The van der Waals surface area contributed by atoms with Crippen LogP contribution >= 0.6 is 0 Å². The van der Waals surface area contributed by atoms with Gasteiger partial charge < -0.3 is 20.1 Å². The minimum atomic E-state index is -0.320. The molecule has 0 spiro atoms. The molecule has 0 fully saturated rings. The zero-order valence-electron chi connectivity index (χ0n) is 25.4. The summed E-state index contributed by atoms with van der Waals surface area (Å²) in [7, 11) is 0. The van der Waals surface area contributed by atoms with E-state index < -0.39 is 0 Å². The third kappa shape index (κ3) is 9.53. The quantitative estimate of drug-likeness (QED) is 0.112. The molecular weight excluding hydrogens is 562 g/mol. The molecule has 0 aliphatic rings. The van der Waals surface area contributed by atoms with Crippen molar-refractivity contribution in [1.29, 1.82) is 0 Å². The number of esters is 1. The summed E-state index contributed by atoms with van der Waals surface area (Å²) < 4.78 is 13.5. The molecule has 2 N–H and O–H groups in total. The van der Waals surface area contributed by atoms with Gasteiger partial charge in [-0.25, -0.2) is 14.2 Å². The Morgan fingerprint density at radius 1 is 0.800 bits per heavy atom. The Kier molecular flexibility index (Phi) is 10.9. The molecule has 0 bridgehead atoms. The van der Waals surface area contributed by atoms with E-state index in [0.717, 1.165) is 17.7 Å². The number of carbonyl (C=O) groups is 2. The van der Waals surface area contributed by atoms with Crippen LogP contribution in [0.25, 0.3) is 11.1 Å². The summed E-state index contributed by atoms with van der Waals surface area (Å²) in [5.41, 5.74) is 5.83. The van der Waals surface area contributed by atoms with Crippen LogP contribution in [0.2, 0.25) is 0 Å². The highest BCUT2D eigenvalue weighted by Gasteiger charge is 2.14. The van der Waals surface area contributed by atoms with Gasteiger partial charge in [-0.2, -0.15) is 0 Å². The van der Waals surface area contributed by atoms with E-state index in [0.29, 0.717) is 37.6 Å². The number of anilines is 1. The summed E-state index contributed by atoms with van der Waals surface area (Å²) in [4.78, 5) is 24.8. The Morgan fingerprint density at radius 2 is 1.51 bits per heavy atom. The number of ether oxygens (including phenoxy) is 2.